The molecule has 4 heteroatoms. The predicted octanol–water partition coefficient (Wildman–Crippen LogP) is 6.44. The number of esters is 1. The number of ether oxygens (including phenoxy) is 1. The van der Waals surface area contributed by atoms with Crippen LogP contribution in [0.1, 0.15) is 67.4 Å². The van der Waals surface area contributed by atoms with E-state index in [1.165, 1.54) is 36.6 Å². The van der Waals surface area contributed by atoms with Crippen molar-refractivity contribution in [2.75, 3.05) is 0 Å². The highest BCUT2D eigenvalue weighted by Crippen LogP contribution is 2.19. The Kier molecular flexibility index (Phi) is 8.13. The number of nitrogens with zero attached hydrogens (tertiary/aromatic N) is 2. The lowest BCUT2D eigenvalue weighted by Crippen LogP contribution is -2.09. The van der Waals surface area contributed by atoms with Gasteiger partial charge in [-0.05, 0) is 48.9 Å². The second-order valence-corrected chi connectivity index (χ2v) is 7.58. The molecule has 0 amide bonds. The van der Waals surface area contributed by atoms with Crippen molar-refractivity contribution in [2.24, 2.45) is 0 Å². The fraction of sp³-hybridized carbons (Fsp3) is 0.346. The van der Waals surface area contributed by atoms with Gasteiger partial charge in [-0.2, -0.15) is 0 Å². The van der Waals surface area contributed by atoms with Crippen LogP contribution in [0.25, 0.3) is 11.3 Å². The number of rotatable bonds is 10. The van der Waals surface area contributed by atoms with Crippen molar-refractivity contribution in [3.8, 4) is 17.1 Å². The van der Waals surface area contributed by atoms with Crippen molar-refractivity contribution < 1.29 is 9.53 Å². The number of benzene rings is 2. The van der Waals surface area contributed by atoms with Crippen molar-refractivity contribution in [1.82, 2.24) is 9.97 Å². The van der Waals surface area contributed by atoms with Crippen LogP contribution in [0, 0.1) is 0 Å². The maximum Gasteiger partial charge on any atom is 0.344 e. The maximum absolute atomic E-state index is 12.3. The molecule has 0 aliphatic rings. The zero-order valence-corrected chi connectivity index (χ0v) is 17.9. The number of unbranched alkanes of at least 4 members (excludes halogenated alkanes) is 3. The van der Waals surface area contributed by atoms with Crippen LogP contribution >= 0.6 is 0 Å². The number of carbonyl (C=O) groups excluding carboxylic acids is 1. The Labute approximate surface area is 179 Å². The van der Waals surface area contributed by atoms with Gasteiger partial charge in [0, 0.05) is 5.56 Å². The molecule has 0 N–H and O–H groups in total. The summed E-state index contributed by atoms with van der Waals surface area (Å²) in [5.41, 5.74) is 4.85. The van der Waals surface area contributed by atoms with E-state index in [9.17, 15) is 4.79 Å². The summed E-state index contributed by atoms with van der Waals surface area (Å²) in [5.74, 6) is -0.217. The minimum absolute atomic E-state index is 0.204. The van der Waals surface area contributed by atoms with Crippen molar-refractivity contribution in [2.45, 2.75) is 58.8 Å². The van der Waals surface area contributed by atoms with Gasteiger partial charge < -0.3 is 4.74 Å². The van der Waals surface area contributed by atoms with E-state index >= 15 is 0 Å². The summed E-state index contributed by atoms with van der Waals surface area (Å²) in [6.07, 6.45) is 11.3. The lowest BCUT2D eigenvalue weighted by atomic mass is 10.0. The van der Waals surface area contributed by atoms with Gasteiger partial charge in [-0.25, -0.2) is 14.8 Å². The summed E-state index contributed by atoms with van der Waals surface area (Å²) in [4.78, 5) is 21.0. The summed E-state index contributed by atoms with van der Waals surface area (Å²) >= 11 is 0. The summed E-state index contributed by atoms with van der Waals surface area (Å²) in [7, 11) is 0. The first-order chi connectivity index (χ1) is 14.7. The molecule has 0 unspecified atom stereocenters. The van der Waals surface area contributed by atoms with E-state index in [1.807, 2.05) is 12.1 Å². The molecule has 3 aromatic rings. The normalized spacial score (nSPS) is 10.7. The Balaban J connectivity index is 1.58. The summed E-state index contributed by atoms with van der Waals surface area (Å²) in [5, 5.41) is 0. The molecule has 2 aromatic carbocycles. The fourth-order valence-electron chi connectivity index (χ4n) is 3.28. The molecule has 156 valence electrons. The van der Waals surface area contributed by atoms with E-state index in [0.717, 1.165) is 36.9 Å². The standard InChI is InChI=1S/C26H30N2O2/c1-3-5-7-9-21-10-14-22(15-11-21)24-18-28-25(19-27-24)30-26(29)23-16-12-20(13-17-23)8-6-4-2/h10-19H,3-9H2,1-2H3. The molecular weight excluding hydrogens is 372 g/mol. The molecule has 30 heavy (non-hydrogen) atoms. The van der Waals surface area contributed by atoms with E-state index in [-0.39, 0.29) is 5.88 Å². The molecule has 0 atom stereocenters. The lowest BCUT2D eigenvalue weighted by molar-refractivity contribution is 0.0727. The highest BCUT2D eigenvalue weighted by atomic mass is 16.5. The largest absolute Gasteiger partial charge is 0.402 e. The molecule has 0 saturated heterocycles. The van der Waals surface area contributed by atoms with E-state index < -0.39 is 5.97 Å². The van der Waals surface area contributed by atoms with Crippen LogP contribution in [0.5, 0.6) is 5.88 Å². The van der Waals surface area contributed by atoms with E-state index in [2.05, 4.69) is 48.1 Å². The van der Waals surface area contributed by atoms with Gasteiger partial charge in [0.15, 0.2) is 0 Å². The van der Waals surface area contributed by atoms with Crippen LogP contribution in [-0.4, -0.2) is 15.9 Å². The minimum atomic E-state index is -0.421. The topological polar surface area (TPSA) is 52.1 Å². The molecule has 0 radical (unpaired) electrons. The minimum Gasteiger partial charge on any atom is -0.402 e. The number of aryl methyl sites for hydroxylation is 2. The van der Waals surface area contributed by atoms with Gasteiger partial charge in [-0.3, -0.25) is 0 Å². The molecule has 1 heterocycles. The third-order valence-electron chi connectivity index (χ3n) is 5.15. The lowest BCUT2D eigenvalue weighted by Gasteiger charge is -2.06. The molecule has 0 saturated carbocycles. The molecule has 0 bridgehead atoms. The van der Waals surface area contributed by atoms with Crippen molar-refractivity contribution in [3.05, 3.63) is 77.6 Å². The third kappa shape index (κ3) is 6.24. The average molecular weight is 403 g/mol. The number of aromatic nitrogens is 2. The van der Waals surface area contributed by atoms with Crippen LogP contribution < -0.4 is 4.74 Å². The zero-order chi connectivity index (χ0) is 21.2. The smallest absolute Gasteiger partial charge is 0.344 e. The van der Waals surface area contributed by atoms with Gasteiger partial charge in [0.05, 0.1) is 23.7 Å². The second-order valence-electron chi connectivity index (χ2n) is 7.58. The molecule has 0 aliphatic heterocycles. The first-order valence-corrected chi connectivity index (χ1v) is 10.9. The van der Waals surface area contributed by atoms with Crippen LogP contribution in [0.15, 0.2) is 60.9 Å². The summed E-state index contributed by atoms with van der Waals surface area (Å²) < 4.78 is 5.37. The molecule has 0 spiro atoms. The SMILES string of the molecule is CCCCCc1ccc(-c2cnc(OC(=O)c3ccc(CCCC)cc3)cn2)cc1. The Morgan fingerprint density at radius 1 is 0.767 bits per heavy atom. The van der Waals surface area contributed by atoms with Gasteiger partial charge in [-0.15, -0.1) is 0 Å². The number of hydrogen-bond acceptors (Lipinski definition) is 4. The number of carbonyl (C=O) groups is 1. The molecule has 0 aliphatic carbocycles. The Hall–Kier alpha value is -3.01. The predicted molar refractivity (Wildman–Crippen MR) is 121 cm³/mol. The van der Waals surface area contributed by atoms with Gasteiger partial charge in [0.25, 0.3) is 0 Å². The fourth-order valence-corrected chi connectivity index (χ4v) is 3.28. The molecule has 1 aromatic heterocycles. The third-order valence-corrected chi connectivity index (χ3v) is 5.15. The number of hydrogen-bond donors (Lipinski definition) is 0. The first kappa shape index (κ1) is 21.7. The monoisotopic (exact) mass is 402 g/mol. The van der Waals surface area contributed by atoms with Crippen LogP contribution in [0.2, 0.25) is 0 Å². The van der Waals surface area contributed by atoms with E-state index in [0.29, 0.717) is 5.56 Å². The Morgan fingerprint density at radius 2 is 1.40 bits per heavy atom. The van der Waals surface area contributed by atoms with Crippen molar-refractivity contribution in [1.29, 1.82) is 0 Å². The quantitative estimate of drug-likeness (QED) is 0.289. The first-order valence-electron chi connectivity index (χ1n) is 10.9. The molecule has 0 fully saturated rings. The molecule has 3 rings (SSSR count). The van der Waals surface area contributed by atoms with Crippen LogP contribution in [-0.2, 0) is 12.8 Å². The van der Waals surface area contributed by atoms with Crippen LogP contribution in [0.4, 0.5) is 0 Å². The highest BCUT2D eigenvalue weighted by Gasteiger charge is 2.10. The zero-order valence-electron chi connectivity index (χ0n) is 17.9. The second kappa shape index (κ2) is 11.2. The Morgan fingerprint density at radius 3 is 2.00 bits per heavy atom. The maximum atomic E-state index is 12.3. The van der Waals surface area contributed by atoms with Crippen LogP contribution in [0.3, 0.4) is 0 Å². The summed E-state index contributed by atoms with van der Waals surface area (Å²) in [6.45, 7) is 4.38. The van der Waals surface area contributed by atoms with Gasteiger partial charge >= 0.3 is 5.97 Å². The van der Waals surface area contributed by atoms with Gasteiger partial charge in [0.1, 0.15) is 0 Å². The van der Waals surface area contributed by atoms with Crippen molar-refractivity contribution in [3.63, 3.8) is 0 Å². The van der Waals surface area contributed by atoms with Gasteiger partial charge in [0.2, 0.25) is 5.88 Å². The Bertz CT molecular complexity index is 917. The van der Waals surface area contributed by atoms with E-state index in [4.69, 9.17) is 4.74 Å². The van der Waals surface area contributed by atoms with E-state index in [1.54, 1.807) is 18.3 Å². The summed E-state index contributed by atoms with van der Waals surface area (Å²) in [6, 6.07) is 16.0. The highest BCUT2D eigenvalue weighted by molar-refractivity contribution is 5.90. The molecular formula is C26H30N2O2. The van der Waals surface area contributed by atoms with Crippen molar-refractivity contribution >= 4 is 5.97 Å². The average Bonchev–Trinajstić information content (AvgIpc) is 2.79. The van der Waals surface area contributed by atoms with Gasteiger partial charge in [-0.1, -0.05) is 69.5 Å². The molecule has 4 nitrogen and oxygen atoms in total.